The summed E-state index contributed by atoms with van der Waals surface area (Å²) in [4.78, 5) is 0. The van der Waals surface area contributed by atoms with E-state index in [-0.39, 0.29) is 5.56 Å². The molecule has 0 saturated carbocycles. The van der Waals surface area contributed by atoms with Crippen molar-refractivity contribution in [2.24, 2.45) is 5.92 Å². The molecule has 0 amide bonds. The molecule has 0 spiro atoms. The molecule has 1 aromatic rings. The largest absolute Gasteiger partial charge is 0.316 e. The van der Waals surface area contributed by atoms with E-state index in [2.05, 4.69) is 21.2 Å². The minimum absolute atomic E-state index is 0.223. The molecule has 1 aromatic carbocycles. The zero-order valence-corrected chi connectivity index (χ0v) is 10.7. The average molecular weight is 290 g/mol. The fourth-order valence-corrected chi connectivity index (χ4v) is 2.73. The van der Waals surface area contributed by atoms with Gasteiger partial charge in [-0.3, -0.25) is 0 Å². The second-order valence-electron chi connectivity index (χ2n) is 4.34. The molecule has 2 rings (SSSR count). The molecule has 16 heavy (non-hydrogen) atoms. The Morgan fingerprint density at radius 2 is 2.19 bits per heavy atom. The minimum atomic E-state index is -0.449. The fourth-order valence-electron chi connectivity index (χ4n) is 2.15. The summed E-state index contributed by atoms with van der Waals surface area (Å²) in [6.07, 6.45) is 1.47. The Morgan fingerprint density at radius 3 is 2.81 bits per heavy atom. The zero-order chi connectivity index (χ0) is 11.7. The van der Waals surface area contributed by atoms with Gasteiger partial charge < -0.3 is 5.32 Å². The van der Waals surface area contributed by atoms with Crippen LogP contribution in [0.4, 0.5) is 8.78 Å². The van der Waals surface area contributed by atoms with Crippen LogP contribution in [0.15, 0.2) is 10.5 Å². The average Bonchev–Trinajstić information content (AvgIpc) is 2.74. The van der Waals surface area contributed by atoms with Crippen LogP contribution in [0.1, 0.15) is 17.5 Å². The van der Waals surface area contributed by atoms with Crippen LogP contribution in [0.5, 0.6) is 0 Å². The van der Waals surface area contributed by atoms with Gasteiger partial charge in [-0.2, -0.15) is 0 Å². The molecule has 0 radical (unpaired) electrons. The highest BCUT2D eigenvalue weighted by Gasteiger charge is 2.21. The van der Waals surface area contributed by atoms with Gasteiger partial charge in [-0.15, -0.1) is 0 Å². The van der Waals surface area contributed by atoms with E-state index in [1.54, 1.807) is 6.92 Å². The first kappa shape index (κ1) is 12.0. The van der Waals surface area contributed by atoms with Gasteiger partial charge in [-0.05, 0) is 66.3 Å². The number of nitrogens with one attached hydrogen (secondary N) is 1. The second kappa shape index (κ2) is 4.80. The van der Waals surface area contributed by atoms with Gasteiger partial charge in [0.05, 0.1) is 4.47 Å². The summed E-state index contributed by atoms with van der Waals surface area (Å²) < 4.78 is 28.0. The standard InChI is InChI=1S/C12H14BrF2N/c1-7-4-10(13)12(15)9(11(7)14)5-8-2-3-16-6-8/h4,8,16H,2-3,5-6H2,1H3. The quantitative estimate of drug-likeness (QED) is 0.825. The predicted molar refractivity (Wildman–Crippen MR) is 63.5 cm³/mol. The molecule has 0 aliphatic carbocycles. The van der Waals surface area contributed by atoms with Gasteiger partial charge in [0.25, 0.3) is 0 Å². The highest BCUT2D eigenvalue weighted by molar-refractivity contribution is 9.10. The van der Waals surface area contributed by atoms with Crippen molar-refractivity contribution in [2.75, 3.05) is 13.1 Å². The molecule has 1 atom stereocenters. The number of rotatable bonds is 2. The van der Waals surface area contributed by atoms with Crippen molar-refractivity contribution >= 4 is 15.9 Å². The third-order valence-corrected chi connectivity index (χ3v) is 3.66. The number of hydrogen-bond donors (Lipinski definition) is 1. The van der Waals surface area contributed by atoms with Gasteiger partial charge in [0.15, 0.2) is 0 Å². The molecule has 1 unspecified atom stereocenters. The van der Waals surface area contributed by atoms with Crippen molar-refractivity contribution < 1.29 is 8.78 Å². The van der Waals surface area contributed by atoms with E-state index in [0.717, 1.165) is 19.5 Å². The van der Waals surface area contributed by atoms with Crippen LogP contribution in [0.2, 0.25) is 0 Å². The van der Waals surface area contributed by atoms with Crippen molar-refractivity contribution in [3.05, 3.63) is 33.3 Å². The van der Waals surface area contributed by atoms with Crippen LogP contribution < -0.4 is 5.32 Å². The summed E-state index contributed by atoms with van der Waals surface area (Å²) in [6.45, 7) is 3.46. The summed E-state index contributed by atoms with van der Waals surface area (Å²) >= 11 is 3.12. The summed E-state index contributed by atoms with van der Waals surface area (Å²) in [5, 5.41) is 3.20. The molecule has 4 heteroatoms. The van der Waals surface area contributed by atoms with E-state index in [4.69, 9.17) is 0 Å². The molecule has 1 nitrogen and oxygen atoms in total. The first-order chi connectivity index (χ1) is 7.59. The van der Waals surface area contributed by atoms with Crippen LogP contribution in [-0.4, -0.2) is 13.1 Å². The lowest BCUT2D eigenvalue weighted by atomic mass is 9.96. The van der Waals surface area contributed by atoms with Crippen LogP contribution >= 0.6 is 15.9 Å². The lowest BCUT2D eigenvalue weighted by Crippen LogP contribution is -2.13. The lowest BCUT2D eigenvalue weighted by molar-refractivity contribution is 0.500. The highest BCUT2D eigenvalue weighted by Crippen LogP contribution is 2.27. The fraction of sp³-hybridized carbons (Fsp3) is 0.500. The van der Waals surface area contributed by atoms with Crippen LogP contribution in [0.3, 0.4) is 0 Å². The molecular formula is C12H14BrF2N. The Bertz CT molecular complexity index is 374. The summed E-state index contributed by atoms with van der Waals surface area (Å²) in [7, 11) is 0. The summed E-state index contributed by atoms with van der Waals surface area (Å²) in [6, 6.07) is 1.49. The van der Waals surface area contributed by atoms with Gasteiger partial charge in [0.2, 0.25) is 0 Å². The van der Waals surface area contributed by atoms with Crippen molar-refractivity contribution in [2.45, 2.75) is 19.8 Å². The van der Waals surface area contributed by atoms with Crippen LogP contribution in [-0.2, 0) is 6.42 Å². The van der Waals surface area contributed by atoms with E-state index in [1.165, 1.54) is 6.07 Å². The molecule has 1 heterocycles. The first-order valence-electron chi connectivity index (χ1n) is 5.43. The zero-order valence-electron chi connectivity index (χ0n) is 9.12. The Hall–Kier alpha value is -0.480. The Balaban J connectivity index is 2.31. The number of hydrogen-bond acceptors (Lipinski definition) is 1. The van der Waals surface area contributed by atoms with Gasteiger partial charge in [-0.1, -0.05) is 0 Å². The van der Waals surface area contributed by atoms with E-state index >= 15 is 0 Å². The Labute approximate surface area is 102 Å². The molecule has 1 saturated heterocycles. The SMILES string of the molecule is Cc1cc(Br)c(F)c(CC2CCNC2)c1F. The van der Waals surface area contributed by atoms with E-state index < -0.39 is 11.6 Å². The molecule has 88 valence electrons. The van der Waals surface area contributed by atoms with Gasteiger partial charge in [-0.25, -0.2) is 8.78 Å². The number of aryl methyl sites for hydroxylation is 1. The molecule has 1 aliphatic heterocycles. The maximum absolute atomic E-state index is 13.8. The molecule has 1 N–H and O–H groups in total. The van der Waals surface area contributed by atoms with Gasteiger partial charge in [0, 0.05) is 5.56 Å². The highest BCUT2D eigenvalue weighted by atomic mass is 79.9. The minimum Gasteiger partial charge on any atom is -0.316 e. The summed E-state index contributed by atoms with van der Waals surface area (Å²) in [5.74, 6) is -0.500. The van der Waals surface area contributed by atoms with E-state index in [0.29, 0.717) is 22.4 Å². The Morgan fingerprint density at radius 1 is 1.44 bits per heavy atom. The van der Waals surface area contributed by atoms with E-state index in [9.17, 15) is 8.78 Å². The van der Waals surface area contributed by atoms with Crippen LogP contribution in [0, 0.1) is 24.5 Å². The van der Waals surface area contributed by atoms with Gasteiger partial charge in [0.1, 0.15) is 11.6 Å². The van der Waals surface area contributed by atoms with Crippen molar-refractivity contribution in [3.8, 4) is 0 Å². The molecule has 1 fully saturated rings. The smallest absolute Gasteiger partial charge is 0.143 e. The number of halogens is 3. The van der Waals surface area contributed by atoms with E-state index in [1.807, 2.05) is 0 Å². The topological polar surface area (TPSA) is 12.0 Å². The second-order valence-corrected chi connectivity index (χ2v) is 5.20. The third kappa shape index (κ3) is 2.28. The monoisotopic (exact) mass is 289 g/mol. The van der Waals surface area contributed by atoms with Crippen molar-refractivity contribution in [1.82, 2.24) is 5.32 Å². The molecule has 0 aromatic heterocycles. The summed E-state index contributed by atoms with van der Waals surface area (Å²) in [5.41, 5.74) is 0.717. The third-order valence-electron chi connectivity index (χ3n) is 3.08. The van der Waals surface area contributed by atoms with Crippen molar-refractivity contribution in [3.63, 3.8) is 0 Å². The lowest BCUT2D eigenvalue weighted by Gasteiger charge is -2.12. The maximum atomic E-state index is 13.8. The first-order valence-corrected chi connectivity index (χ1v) is 6.22. The normalized spacial score (nSPS) is 20.4. The van der Waals surface area contributed by atoms with Crippen LogP contribution in [0.25, 0.3) is 0 Å². The number of benzene rings is 1. The Kier molecular flexibility index (Phi) is 3.60. The maximum Gasteiger partial charge on any atom is 0.143 e. The van der Waals surface area contributed by atoms with Crippen molar-refractivity contribution in [1.29, 1.82) is 0 Å². The molecule has 0 bridgehead atoms. The predicted octanol–water partition coefficient (Wildman–Crippen LogP) is 3.19. The molecule has 1 aliphatic rings. The van der Waals surface area contributed by atoms with Gasteiger partial charge >= 0.3 is 0 Å². The molecular weight excluding hydrogens is 276 g/mol.